The van der Waals surface area contributed by atoms with Gasteiger partial charge in [-0.1, -0.05) is 6.42 Å². The average molecular weight is 303 g/mol. The van der Waals surface area contributed by atoms with Gasteiger partial charge in [-0.15, -0.1) is 0 Å². The zero-order chi connectivity index (χ0) is 15.7. The second-order valence-electron chi connectivity index (χ2n) is 5.56. The molecule has 1 aliphatic carbocycles. The number of alkyl halides is 3. The Hall–Kier alpha value is -1.43. The van der Waals surface area contributed by atoms with Crippen LogP contribution in [-0.2, 0) is 5.54 Å². The molecule has 0 amide bonds. The molecule has 6 heteroatoms. The van der Waals surface area contributed by atoms with Crippen LogP contribution in [0.3, 0.4) is 0 Å². The number of halogens is 3. The van der Waals surface area contributed by atoms with E-state index in [-0.39, 0.29) is 12.8 Å². The smallest absolute Gasteiger partial charge is 0.391 e. The second kappa shape index (κ2) is 5.75. The van der Waals surface area contributed by atoms with Crippen LogP contribution in [0, 0.1) is 5.92 Å². The summed E-state index contributed by atoms with van der Waals surface area (Å²) in [5.41, 5.74) is 5.91. The second-order valence-corrected chi connectivity index (χ2v) is 5.56. The van der Waals surface area contributed by atoms with E-state index >= 15 is 0 Å². The predicted octanol–water partition coefficient (Wildman–Crippen LogP) is 3.61. The van der Waals surface area contributed by atoms with E-state index in [2.05, 4.69) is 0 Å². The lowest BCUT2D eigenvalue weighted by atomic mass is 9.72. The van der Waals surface area contributed by atoms with Crippen molar-refractivity contribution in [3.05, 3.63) is 23.8 Å². The SMILES string of the molecule is COc1ccc(C2(N)CCCC(C(F)(F)F)C2)c(OC)c1. The molecular formula is C15H20F3NO2. The van der Waals surface area contributed by atoms with Gasteiger partial charge in [-0.2, -0.15) is 13.2 Å². The minimum Gasteiger partial charge on any atom is -0.497 e. The number of benzene rings is 1. The van der Waals surface area contributed by atoms with Gasteiger partial charge in [0.2, 0.25) is 0 Å². The Morgan fingerprint density at radius 3 is 2.52 bits per heavy atom. The lowest BCUT2D eigenvalue weighted by molar-refractivity contribution is -0.187. The van der Waals surface area contributed by atoms with E-state index < -0.39 is 17.6 Å². The molecule has 118 valence electrons. The first-order chi connectivity index (χ1) is 9.80. The molecule has 2 rings (SSSR count). The molecule has 1 aromatic carbocycles. The predicted molar refractivity (Wildman–Crippen MR) is 73.4 cm³/mol. The van der Waals surface area contributed by atoms with E-state index in [4.69, 9.17) is 15.2 Å². The van der Waals surface area contributed by atoms with Crippen molar-refractivity contribution in [2.24, 2.45) is 11.7 Å². The first-order valence-electron chi connectivity index (χ1n) is 6.88. The topological polar surface area (TPSA) is 44.5 Å². The Bertz CT molecular complexity index is 504. The highest BCUT2D eigenvalue weighted by molar-refractivity contribution is 5.45. The van der Waals surface area contributed by atoms with Crippen molar-refractivity contribution in [2.45, 2.75) is 37.4 Å². The van der Waals surface area contributed by atoms with Crippen molar-refractivity contribution < 1.29 is 22.6 Å². The van der Waals surface area contributed by atoms with Crippen molar-refractivity contribution in [3.63, 3.8) is 0 Å². The lowest BCUT2D eigenvalue weighted by Gasteiger charge is -2.39. The van der Waals surface area contributed by atoms with Gasteiger partial charge in [0.05, 0.1) is 20.1 Å². The number of rotatable bonds is 3. The Morgan fingerprint density at radius 1 is 1.24 bits per heavy atom. The van der Waals surface area contributed by atoms with Crippen LogP contribution >= 0.6 is 0 Å². The van der Waals surface area contributed by atoms with Crippen LogP contribution in [0.2, 0.25) is 0 Å². The lowest BCUT2D eigenvalue weighted by Crippen LogP contribution is -2.45. The third-order valence-electron chi connectivity index (χ3n) is 4.19. The van der Waals surface area contributed by atoms with Crippen LogP contribution < -0.4 is 15.2 Å². The van der Waals surface area contributed by atoms with Crippen LogP contribution in [0.4, 0.5) is 13.2 Å². The van der Waals surface area contributed by atoms with Gasteiger partial charge in [-0.3, -0.25) is 0 Å². The molecule has 1 saturated carbocycles. The van der Waals surface area contributed by atoms with Gasteiger partial charge < -0.3 is 15.2 Å². The maximum atomic E-state index is 13.0. The van der Waals surface area contributed by atoms with Gasteiger partial charge in [-0.05, 0) is 31.4 Å². The highest BCUT2D eigenvalue weighted by Gasteiger charge is 2.47. The molecule has 0 bridgehead atoms. The summed E-state index contributed by atoms with van der Waals surface area (Å²) in [6.45, 7) is 0. The van der Waals surface area contributed by atoms with Crippen molar-refractivity contribution in [1.82, 2.24) is 0 Å². The molecule has 0 radical (unpaired) electrons. The largest absolute Gasteiger partial charge is 0.497 e. The highest BCUT2D eigenvalue weighted by atomic mass is 19.4. The Morgan fingerprint density at radius 2 is 1.95 bits per heavy atom. The minimum absolute atomic E-state index is 0.112. The van der Waals surface area contributed by atoms with E-state index in [1.165, 1.54) is 14.2 Å². The maximum Gasteiger partial charge on any atom is 0.391 e. The summed E-state index contributed by atoms with van der Waals surface area (Å²) < 4.78 is 49.4. The summed E-state index contributed by atoms with van der Waals surface area (Å²) in [7, 11) is 3.00. The molecule has 1 aliphatic rings. The van der Waals surface area contributed by atoms with Crippen molar-refractivity contribution in [1.29, 1.82) is 0 Å². The highest BCUT2D eigenvalue weighted by Crippen LogP contribution is 2.47. The van der Waals surface area contributed by atoms with Crippen molar-refractivity contribution in [3.8, 4) is 11.5 Å². The van der Waals surface area contributed by atoms with Gasteiger partial charge in [0.25, 0.3) is 0 Å². The Kier molecular flexibility index (Phi) is 4.37. The fourth-order valence-electron chi connectivity index (χ4n) is 3.04. The molecule has 0 spiro atoms. The fourth-order valence-corrected chi connectivity index (χ4v) is 3.04. The van der Waals surface area contributed by atoms with Gasteiger partial charge in [0.15, 0.2) is 0 Å². The van der Waals surface area contributed by atoms with Gasteiger partial charge >= 0.3 is 6.18 Å². The summed E-state index contributed by atoms with van der Waals surface area (Å²) in [4.78, 5) is 0. The first kappa shape index (κ1) is 15.9. The molecule has 2 N–H and O–H groups in total. The molecular weight excluding hydrogens is 283 g/mol. The third kappa shape index (κ3) is 3.26. The zero-order valence-corrected chi connectivity index (χ0v) is 12.2. The van der Waals surface area contributed by atoms with Crippen LogP contribution in [0.1, 0.15) is 31.2 Å². The Balaban J connectivity index is 2.35. The first-order valence-corrected chi connectivity index (χ1v) is 6.88. The van der Waals surface area contributed by atoms with Gasteiger partial charge in [0, 0.05) is 17.2 Å². The van der Waals surface area contributed by atoms with Gasteiger partial charge in [0.1, 0.15) is 11.5 Å². The molecule has 0 aliphatic heterocycles. The summed E-state index contributed by atoms with van der Waals surface area (Å²) in [5, 5.41) is 0. The standard InChI is InChI=1S/C15H20F3NO2/c1-20-11-5-6-12(13(8-11)21-2)14(19)7-3-4-10(9-14)15(16,17)18/h5-6,8,10H,3-4,7,9,19H2,1-2H3. The van der Waals surface area contributed by atoms with Crippen molar-refractivity contribution >= 4 is 0 Å². The number of hydrogen-bond acceptors (Lipinski definition) is 3. The number of nitrogens with two attached hydrogens (primary N) is 1. The molecule has 2 atom stereocenters. The van der Waals surface area contributed by atoms with Crippen LogP contribution in [-0.4, -0.2) is 20.4 Å². The molecule has 1 fully saturated rings. The fraction of sp³-hybridized carbons (Fsp3) is 0.600. The molecule has 1 aromatic rings. The molecule has 0 saturated heterocycles. The number of hydrogen-bond donors (Lipinski definition) is 1. The summed E-state index contributed by atoms with van der Waals surface area (Å²) >= 11 is 0. The minimum atomic E-state index is -4.20. The van der Waals surface area contributed by atoms with Crippen LogP contribution in [0.25, 0.3) is 0 Å². The Labute approximate surface area is 122 Å². The summed E-state index contributed by atoms with van der Waals surface area (Å²) in [6.07, 6.45) is -3.21. The van der Waals surface area contributed by atoms with E-state index in [1.54, 1.807) is 18.2 Å². The summed E-state index contributed by atoms with van der Waals surface area (Å²) in [6, 6.07) is 5.06. The average Bonchev–Trinajstić information content (AvgIpc) is 2.45. The molecule has 3 nitrogen and oxygen atoms in total. The quantitative estimate of drug-likeness (QED) is 0.927. The zero-order valence-electron chi connectivity index (χ0n) is 12.2. The maximum absolute atomic E-state index is 13.0. The van der Waals surface area contributed by atoms with Crippen LogP contribution in [0.15, 0.2) is 18.2 Å². The van der Waals surface area contributed by atoms with E-state index in [0.717, 1.165) is 0 Å². The van der Waals surface area contributed by atoms with E-state index in [0.29, 0.717) is 29.9 Å². The molecule has 0 heterocycles. The van der Waals surface area contributed by atoms with Crippen LogP contribution in [0.5, 0.6) is 11.5 Å². The van der Waals surface area contributed by atoms with Gasteiger partial charge in [-0.25, -0.2) is 0 Å². The van der Waals surface area contributed by atoms with E-state index in [9.17, 15) is 13.2 Å². The summed E-state index contributed by atoms with van der Waals surface area (Å²) in [5.74, 6) is -0.301. The molecule has 0 aromatic heterocycles. The molecule has 2 unspecified atom stereocenters. The van der Waals surface area contributed by atoms with E-state index in [1.807, 2.05) is 0 Å². The number of methoxy groups -OCH3 is 2. The third-order valence-corrected chi connectivity index (χ3v) is 4.19. The monoisotopic (exact) mass is 303 g/mol. The van der Waals surface area contributed by atoms with Crippen molar-refractivity contribution in [2.75, 3.05) is 14.2 Å². The number of ether oxygens (including phenoxy) is 2. The normalized spacial score (nSPS) is 26.5. The molecule has 21 heavy (non-hydrogen) atoms.